The number of para-hydroxylation sites is 1. The molecule has 1 aliphatic heterocycles. The van der Waals surface area contributed by atoms with Crippen molar-refractivity contribution < 1.29 is 8.42 Å². The standard InChI is InChI=1S/C19H28N4O2S2/c1-19(2,3)18-21-15(14-26-18)13-22-9-11-23(12-10-22)16-7-5-6-8-17(16)27(24,25)20-4/h5-8,14,20H,9-13H2,1-4H3. The Balaban J connectivity index is 1.66. The van der Waals surface area contributed by atoms with Crippen LogP contribution in [-0.2, 0) is 22.0 Å². The van der Waals surface area contributed by atoms with Crippen molar-refractivity contribution in [2.75, 3.05) is 38.1 Å². The molecule has 1 saturated heterocycles. The summed E-state index contributed by atoms with van der Waals surface area (Å²) in [7, 11) is -2.02. The predicted octanol–water partition coefficient (Wildman–Crippen LogP) is 2.67. The molecule has 0 unspecified atom stereocenters. The van der Waals surface area contributed by atoms with E-state index in [1.807, 2.05) is 12.1 Å². The van der Waals surface area contributed by atoms with Crippen LogP contribution in [0, 0.1) is 0 Å². The number of piperazine rings is 1. The van der Waals surface area contributed by atoms with Gasteiger partial charge in [-0.05, 0) is 19.2 Å². The number of benzene rings is 1. The Hall–Kier alpha value is -1.48. The number of sulfonamides is 1. The van der Waals surface area contributed by atoms with Crippen LogP contribution in [0.1, 0.15) is 31.5 Å². The van der Waals surface area contributed by atoms with Crippen molar-refractivity contribution in [2.45, 2.75) is 37.6 Å². The van der Waals surface area contributed by atoms with E-state index in [1.54, 1.807) is 23.5 Å². The van der Waals surface area contributed by atoms with Gasteiger partial charge < -0.3 is 4.90 Å². The summed E-state index contributed by atoms with van der Waals surface area (Å²) >= 11 is 1.73. The Morgan fingerprint density at radius 3 is 2.41 bits per heavy atom. The Bertz CT molecular complexity index is 879. The molecule has 27 heavy (non-hydrogen) atoms. The summed E-state index contributed by atoms with van der Waals surface area (Å²) in [6.07, 6.45) is 0. The van der Waals surface area contributed by atoms with Crippen LogP contribution in [0.2, 0.25) is 0 Å². The molecule has 0 radical (unpaired) electrons. The van der Waals surface area contributed by atoms with E-state index >= 15 is 0 Å². The van der Waals surface area contributed by atoms with E-state index in [4.69, 9.17) is 4.98 Å². The second-order valence-corrected chi connectivity index (χ2v) is 10.5. The van der Waals surface area contributed by atoms with Crippen LogP contribution in [0.3, 0.4) is 0 Å². The number of hydrogen-bond donors (Lipinski definition) is 1. The number of rotatable bonds is 5. The fourth-order valence-corrected chi connectivity index (χ4v) is 5.00. The highest BCUT2D eigenvalue weighted by Gasteiger charge is 2.24. The molecule has 2 heterocycles. The molecule has 1 aliphatic rings. The summed E-state index contributed by atoms with van der Waals surface area (Å²) in [5.41, 5.74) is 1.98. The van der Waals surface area contributed by atoms with E-state index in [0.29, 0.717) is 4.90 Å². The molecular weight excluding hydrogens is 380 g/mol. The van der Waals surface area contributed by atoms with E-state index in [-0.39, 0.29) is 5.41 Å². The SMILES string of the molecule is CNS(=O)(=O)c1ccccc1N1CCN(Cc2csc(C(C)(C)C)n2)CC1. The molecule has 0 aliphatic carbocycles. The zero-order chi connectivity index (χ0) is 19.7. The van der Waals surface area contributed by atoms with Crippen molar-refractivity contribution >= 4 is 27.0 Å². The predicted molar refractivity (Wildman–Crippen MR) is 111 cm³/mol. The summed E-state index contributed by atoms with van der Waals surface area (Å²) in [4.78, 5) is 9.67. The van der Waals surface area contributed by atoms with E-state index < -0.39 is 10.0 Å². The molecule has 0 bridgehead atoms. The van der Waals surface area contributed by atoms with Gasteiger partial charge in [-0.3, -0.25) is 4.90 Å². The average Bonchev–Trinajstić information content (AvgIpc) is 3.11. The van der Waals surface area contributed by atoms with Gasteiger partial charge >= 0.3 is 0 Å². The first-order valence-corrected chi connectivity index (χ1v) is 11.5. The first-order chi connectivity index (χ1) is 12.7. The quantitative estimate of drug-likeness (QED) is 0.824. The fraction of sp³-hybridized carbons (Fsp3) is 0.526. The molecule has 0 amide bonds. The minimum absolute atomic E-state index is 0.0874. The highest BCUT2D eigenvalue weighted by atomic mass is 32.2. The summed E-state index contributed by atoms with van der Waals surface area (Å²) in [5.74, 6) is 0. The Morgan fingerprint density at radius 1 is 1.15 bits per heavy atom. The number of anilines is 1. The largest absolute Gasteiger partial charge is 0.368 e. The van der Waals surface area contributed by atoms with Crippen molar-refractivity contribution in [1.29, 1.82) is 0 Å². The maximum absolute atomic E-state index is 12.3. The zero-order valence-corrected chi connectivity index (χ0v) is 18.0. The Kier molecular flexibility index (Phi) is 5.90. The lowest BCUT2D eigenvalue weighted by atomic mass is 9.98. The lowest BCUT2D eigenvalue weighted by molar-refractivity contribution is 0.247. The van der Waals surface area contributed by atoms with Gasteiger partial charge in [0, 0.05) is 43.5 Å². The van der Waals surface area contributed by atoms with Gasteiger partial charge in [-0.2, -0.15) is 0 Å². The van der Waals surface area contributed by atoms with Gasteiger partial charge in [0.25, 0.3) is 0 Å². The molecule has 0 spiro atoms. The molecule has 1 N–H and O–H groups in total. The summed E-state index contributed by atoms with van der Waals surface area (Å²) in [5, 5.41) is 3.32. The molecule has 2 aromatic rings. The van der Waals surface area contributed by atoms with Crippen LogP contribution in [-0.4, -0.2) is 51.5 Å². The van der Waals surface area contributed by atoms with Crippen molar-refractivity contribution in [3.05, 3.63) is 40.3 Å². The Morgan fingerprint density at radius 2 is 1.81 bits per heavy atom. The number of nitrogens with zero attached hydrogens (tertiary/aromatic N) is 3. The molecule has 1 fully saturated rings. The number of thiazole rings is 1. The number of nitrogens with one attached hydrogen (secondary N) is 1. The third-order valence-electron chi connectivity index (χ3n) is 4.72. The van der Waals surface area contributed by atoms with Crippen LogP contribution >= 0.6 is 11.3 Å². The lowest BCUT2D eigenvalue weighted by Gasteiger charge is -2.36. The molecular formula is C19H28N4O2S2. The van der Waals surface area contributed by atoms with E-state index in [2.05, 4.69) is 40.7 Å². The van der Waals surface area contributed by atoms with Gasteiger partial charge in [-0.25, -0.2) is 18.1 Å². The van der Waals surface area contributed by atoms with Crippen molar-refractivity contribution in [3.8, 4) is 0 Å². The summed E-state index contributed by atoms with van der Waals surface area (Å²) in [6.45, 7) is 10.8. The van der Waals surface area contributed by atoms with E-state index in [9.17, 15) is 8.42 Å². The van der Waals surface area contributed by atoms with Gasteiger partial charge in [-0.1, -0.05) is 32.9 Å². The fourth-order valence-electron chi connectivity index (χ4n) is 3.16. The van der Waals surface area contributed by atoms with Gasteiger partial charge in [0.1, 0.15) is 4.90 Å². The second kappa shape index (κ2) is 7.87. The molecule has 1 aromatic heterocycles. The number of aromatic nitrogens is 1. The lowest BCUT2D eigenvalue weighted by Crippen LogP contribution is -2.46. The minimum atomic E-state index is -3.47. The van der Waals surface area contributed by atoms with Crippen LogP contribution in [0.4, 0.5) is 5.69 Å². The zero-order valence-electron chi connectivity index (χ0n) is 16.4. The molecule has 1 aromatic carbocycles. The molecule has 3 rings (SSSR count). The minimum Gasteiger partial charge on any atom is -0.368 e. The van der Waals surface area contributed by atoms with Gasteiger partial charge in [0.15, 0.2) is 0 Å². The number of hydrogen-bond acceptors (Lipinski definition) is 6. The molecule has 148 valence electrons. The first-order valence-electron chi connectivity index (χ1n) is 9.15. The van der Waals surface area contributed by atoms with E-state index in [0.717, 1.165) is 44.1 Å². The van der Waals surface area contributed by atoms with Crippen molar-refractivity contribution in [2.24, 2.45) is 0 Å². The van der Waals surface area contributed by atoms with Crippen LogP contribution in [0.5, 0.6) is 0 Å². The van der Waals surface area contributed by atoms with Crippen LogP contribution in [0.15, 0.2) is 34.5 Å². The van der Waals surface area contributed by atoms with Crippen molar-refractivity contribution in [3.63, 3.8) is 0 Å². The van der Waals surface area contributed by atoms with Crippen molar-refractivity contribution in [1.82, 2.24) is 14.6 Å². The maximum atomic E-state index is 12.3. The molecule has 6 nitrogen and oxygen atoms in total. The van der Waals surface area contributed by atoms with Crippen LogP contribution in [0.25, 0.3) is 0 Å². The normalized spacial score (nSPS) is 16.7. The first kappa shape index (κ1) is 20.3. The molecule has 0 atom stereocenters. The van der Waals surface area contributed by atoms with E-state index in [1.165, 1.54) is 12.1 Å². The summed E-state index contributed by atoms with van der Waals surface area (Å²) in [6, 6.07) is 7.20. The van der Waals surface area contributed by atoms with Gasteiger partial charge in [0.05, 0.1) is 16.4 Å². The smallest absolute Gasteiger partial charge is 0.242 e. The Labute approximate surface area is 166 Å². The van der Waals surface area contributed by atoms with Gasteiger partial charge in [-0.15, -0.1) is 11.3 Å². The highest BCUT2D eigenvalue weighted by Crippen LogP contribution is 2.28. The average molecular weight is 409 g/mol. The topological polar surface area (TPSA) is 65.5 Å². The molecule has 8 heteroatoms. The maximum Gasteiger partial charge on any atom is 0.242 e. The molecule has 0 saturated carbocycles. The monoisotopic (exact) mass is 408 g/mol. The van der Waals surface area contributed by atoms with Crippen LogP contribution < -0.4 is 9.62 Å². The van der Waals surface area contributed by atoms with Gasteiger partial charge in [0.2, 0.25) is 10.0 Å². The third-order valence-corrected chi connectivity index (χ3v) is 7.49. The second-order valence-electron chi connectivity index (χ2n) is 7.83. The summed E-state index contributed by atoms with van der Waals surface area (Å²) < 4.78 is 27.0. The third kappa shape index (κ3) is 4.68. The highest BCUT2D eigenvalue weighted by molar-refractivity contribution is 7.89.